The Kier molecular flexibility index (Phi) is 8.63. The van der Waals surface area contributed by atoms with Crippen LogP contribution in [0.4, 0.5) is 5.69 Å². The van der Waals surface area contributed by atoms with Crippen LogP contribution in [0.2, 0.25) is 0 Å². The first-order valence-electron chi connectivity index (χ1n) is 7.14. The number of para-hydroxylation sites is 1. The summed E-state index contributed by atoms with van der Waals surface area (Å²) in [6, 6.07) is 10.4. The molecule has 118 valence electrons. The zero-order chi connectivity index (χ0) is 14.2. The Balaban J connectivity index is 0.00000220. The number of likely N-dealkylation sites (tertiary alicyclic amines) is 1. The highest BCUT2D eigenvalue weighted by atomic mass is 127. The Labute approximate surface area is 144 Å². The molecule has 0 spiro atoms. The van der Waals surface area contributed by atoms with Crippen molar-refractivity contribution in [2.45, 2.75) is 18.9 Å². The standard InChI is InChI=1S/C15H24N4O.HI/c1-20-11-10-19-9-5-8-14(19)12-17-15(16)18-13-6-3-2-4-7-13;/h2-4,6-7,14H,5,8-12H2,1H3,(H3,16,17,18);1H. The molecule has 1 aliphatic heterocycles. The maximum atomic E-state index is 5.93. The lowest BCUT2D eigenvalue weighted by Gasteiger charge is -2.22. The van der Waals surface area contributed by atoms with E-state index in [-0.39, 0.29) is 24.0 Å². The topological polar surface area (TPSA) is 62.9 Å². The monoisotopic (exact) mass is 404 g/mol. The van der Waals surface area contributed by atoms with Crippen molar-refractivity contribution < 1.29 is 4.74 Å². The van der Waals surface area contributed by atoms with Crippen molar-refractivity contribution in [2.75, 3.05) is 38.7 Å². The minimum absolute atomic E-state index is 0. The highest BCUT2D eigenvalue weighted by Crippen LogP contribution is 2.16. The molecular weight excluding hydrogens is 379 g/mol. The summed E-state index contributed by atoms with van der Waals surface area (Å²) in [5, 5.41) is 3.11. The van der Waals surface area contributed by atoms with Gasteiger partial charge in [0.15, 0.2) is 5.96 Å². The lowest BCUT2D eigenvalue weighted by molar-refractivity contribution is 0.143. The second-order valence-electron chi connectivity index (χ2n) is 5.04. The Bertz CT molecular complexity index is 427. The average Bonchev–Trinajstić information content (AvgIpc) is 2.91. The van der Waals surface area contributed by atoms with Crippen molar-refractivity contribution >= 4 is 35.6 Å². The minimum atomic E-state index is 0. The second-order valence-corrected chi connectivity index (χ2v) is 5.04. The summed E-state index contributed by atoms with van der Waals surface area (Å²) in [5.41, 5.74) is 6.89. The summed E-state index contributed by atoms with van der Waals surface area (Å²) in [7, 11) is 1.74. The van der Waals surface area contributed by atoms with Crippen LogP contribution in [0.1, 0.15) is 12.8 Å². The molecule has 1 unspecified atom stereocenters. The van der Waals surface area contributed by atoms with Crippen LogP contribution in [0.3, 0.4) is 0 Å². The van der Waals surface area contributed by atoms with Crippen molar-refractivity contribution in [1.82, 2.24) is 4.90 Å². The number of nitrogens with two attached hydrogens (primary N) is 1. The molecular formula is C15H25IN4O. The molecule has 2 rings (SSSR count). The van der Waals surface area contributed by atoms with E-state index in [4.69, 9.17) is 10.5 Å². The molecule has 1 saturated heterocycles. The molecule has 6 heteroatoms. The third-order valence-corrected chi connectivity index (χ3v) is 3.60. The molecule has 1 atom stereocenters. The zero-order valence-electron chi connectivity index (χ0n) is 12.5. The van der Waals surface area contributed by atoms with Crippen LogP contribution >= 0.6 is 24.0 Å². The first-order valence-corrected chi connectivity index (χ1v) is 7.14. The van der Waals surface area contributed by atoms with Gasteiger partial charge in [0.2, 0.25) is 0 Å². The number of rotatable bonds is 6. The second kappa shape index (κ2) is 9.97. The average molecular weight is 404 g/mol. The van der Waals surface area contributed by atoms with Crippen molar-refractivity contribution in [3.63, 3.8) is 0 Å². The number of methoxy groups -OCH3 is 1. The van der Waals surface area contributed by atoms with Crippen LogP contribution in [-0.4, -0.2) is 50.3 Å². The van der Waals surface area contributed by atoms with E-state index in [1.165, 1.54) is 12.8 Å². The summed E-state index contributed by atoms with van der Waals surface area (Å²) >= 11 is 0. The predicted octanol–water partition coefficient (Wildman–Crippen LogP) is 2.14. The third-order valence-electron chi connectivity index (χ3n) is 3.60. The van der Waals surface area contributed by atoms with E-state index in [2.05, 4.69) is 15.2 Å². The molecule has 21 heavy (non-hydrogen) atoms. The number of hydrogen-bond donors (Lipinski definition) is 2. The van der Waals surface area contributed by atoms with E-state index in [1.807, 2.05) is 30.3 Å². The number of hydrogen-bond acceptors (Lipinski definition) is 3. The molecule has 0 amide bonds. The Morgan fingerprint density at radius 3 is 2.90 bits per heavy atom. The van der Waals surface area contributed by atoms with Crippen molar-refractivity contribution in [3.8, 4) is 0 Å². The van der Waals surface area contributed by atoms with Crippen molar-refractivity contribution in [1.29, 1.82) is 0 Å². The smallest absolute Gasteiger partial charge is 0.193 e. The Morgan fingerprint density at radius 1 is 1.43 bits per heavy atom. The third kappa shape index (κ3) is 6.19. The van der Waals surface area contributed by atoms with E-state index >= 15 is 0 Å². The van der Waals surface area contributed by atoms with Gasteiger partial charge in [-0.3, -0.25) is 9.89 Å². The normalized spacial score (nSPS) is 19.3. The fourth-order valence-corrected chi connectivity index (χ4v) is 2.52. The van der Waals surface area contributed by atoms with Gasteiger partial charge in [-0.2, -0.15) is 0 Å². The van der Waals surface area contributed by atoms with E-state index in [1.54, 1.807) is 7.11 Å². The first-order chi connectivity index (χ1) is 9.79. The summed E-state index contributed by atoms with van der Waals surface area (Å²) in [4.78, 5) is 6.89. The van der Waals surface area contributed by atoms with Gasteiger partial charge in [0.05, 0.1) is 13.2 Å². The van der Waals surface area contributed by atoms with Gasteiger partial charge in [-0.25, -0.2) is 0 Å². The highest BCUT2D eigenvalue weighted by Gasteiger charge is 2.23. The summed E-state index contributed by atoms with van der Waals surface area (Å²) in [5.74, 6) is 0.481. The maximum absolute atomic E-state index is 5.93. The molecule has 5 nitrogen and oxygen atoms in total. The lowest BCUT2D eigenvalue weighted by atomic mass is 10.2. The molecule has 1 aromatic rings. The fraction of sp³-hybridized carbons (Fsp3) is 0.533. The quantitative estimate of drug-likeness (QED) is 0.433. The number of aliphatic imine (C=N–C) groups is 1. The molecule has 1 aliphatic rings. The first kappa shape index (κ1) is 18.2. The summed E-state index contributed by atoms with van der Waals surface area (Å²) in [6.07, 6.45) is 2.42. The van der Waals surface area contributed by atoms with Gasteiger partial charge in [-0.1, -0.05) is 18.2 Å². The largest absolute Gasteiger partial charge is 0.383 e. The Hall–Kier alpha value is -0.860. The molecule has 0 bridgehead atoms. The molecule has 1 fully saturated rings. The van der Waals surface area contributed by atoms with Gasteiger partial charge >= 0.3 is 0 Å². The molecule has 0 saturated carbocycles. The number of nitrogens with one attached hydrogen (secondary N) is 1. The summed E-state index contributed by atoms with van der Waals surface area (Å²) < 4.78 is 5.14. The number of ether oxygens (including phenoxy) is 1. The molecule has 0 aliphatic carbocycles. The lowest BCUT2D eigenvalue weighted by Crippen LogP contribution is -2.35. The molecule has 0 radical (unpaired) electrons. The highest BCUT2D eigenvalue weighted by molar-refractivity contribution is 14.0. The molecule has 3 N–H and O–H groups in total. The number of guanidine groups is 1. The maximum Gasteiger partial charge on any atom is 0.193 e. The van der Waals surface area contributed by atoms with Gasteiger partial charge in [0.1, 0.15) is 0 Å². The van der Waals surface area contributed by atoms with Crippen LogP contribution in [0, 0.1) is 0 Å². The molecule has 1 heterocycles. The Morgan fingerprint density at radius 2 is 2.19 bits per heavy atom. The van der Waals surface area contributed by atoms with Gasteiger partial charge < -0.3 is 15.8 Å². The fourth-order valence-electron chi connectivity index (χ4n) is 2.52. The van der Waals surface area contributed by atoms with Gasteiger partial charge in [-0.05, 0) is 31.5 Å². The van der Waals surface area contributed by atoms with Crippen LogP contribution in [-0.2, 0) is 4.74 Å². The zero-order valence-corrected chi connectivity index (χ0v) is 14.8. The van der Waals surface area contributed by atoms with E-state index in [0.717, 1.165) is 31.9 Å². The number of benzene rings is 1. The van der Waals surface area contributed by atoms with E-state index in [0.29, 0.717) is 12.0 Å². The SMILES string of the molecule is COCCN1CCCC1CN=C(N)Nc1ccccc1.I. The number of nitrogens with zero attached hydrogens (tertiary/aromatic N) is 2. The van der Waals surface area contributed by atoms with E-state index in [9.17, 15) is 0 Å². The van der Waals surface area contributed by atoms with Crippen molar-refractivity contribution in [2.24, 2.45) is 10.7 Å². The number of halogens is 1. The van der Waals surface area contributed by atoms with Crippen LogP contribution in [0.15, 0.2) is 35.3 Å². The molecule has 0 aromatic heterocycles. The summed E-state index contributed by atoms with van der Waals surface area (Å²) in [6.45, 7) is 3.63. The van der Waals surface area contributed by atoms with Crippen molar-refractivity contribution in [3.05, 3.63) is 30.3 Å². The van der Waals surface area contributed by atoms with E-state index < -0.39 is 0 Å². The van der Waals surface area contributed by atoms with Gasteiger partial charge in [0.25, 0.3) is 0 Å². The minimum Gasteiger partial charge on any atom is -0.383 e. The van der Waals surface area contributed by atoms with Gasteiger partial charge in [0, 0.05) is 25.4 Å². The molecule has 1 aromatic carbocycles. The van der Waals surface area contributed by atoms with Crippen LogP contribution in [0.5, 0.6) is 0 Å². The number of anilines is 1. The van der Waals surface area contributed by atoms with Gasteiger partial charge in [-0.15, -0.1) is 24.0 Å². The predicted molar refractivity (Wildman–Crippen MR) is 98.4 cm³/mol. The van der Waals surface area contributed by atoms with Crippen LogP contribution < -0.4 is 11.1 Å². The van der Waals surface area contributed by atoms with Crippen LogP contribution in [0.25, 0.3) is 0 Å².